The third kappa shape index (κ3) is 3.76. The number of carbonyl (C=O) groups is 1. The summed E-state index contributed by atoms with van der Waals surface area (Å²) in [7, 11) is 0. The Morgan fingerprint density at radius 1 is 1.00 bits per heavy atom. The summed E-state index contributed by atoms with van der Waals surface area (Å²) in [5.41, 5.74) is 3.17. The van der Waals surface area contributed by atoms with E-state index >= 15 is 0 Å². The number of benzene rings is 1. The highest BCUT2D eigenvalue weighted by atomic mass is 16.1. The van der Waals surface area contributed by atoms with Gasteiger partial charge in [-0.25, -0.2) is 0 Å². The van der Waals surface area contributed by atoms with E-state index in [1.165, 1.54) is 38.5 Å². The Kier molecular flexibility index (Phi) is 4.54. The number of nitrogens with zero attached hydrogens (tertiary/aromatic N) is 1. The molecule has 0 radical (unpaired) electrons. The molecule has 0 spiro atoms. The fraction of sp³-hybridized carbons (Fsp3) is 0.440. The molecule has 4 bridgehead atoms. The van der Waals surface area contributed by atoms with Crippen LogP contribution in [0.25, 0.3) is 12.2 Å². The van der Waals surface area contributed by atoms with Gasteiger partial charge < -0.3 is 5.32 Å². The topological polar surface area (TPSA) is 42.0 Å². The fourth-order valence-electron chi connectivity index (χ4n) is 6.43. The van der Waals surface area contributed by atoms with E-state index in [-0.39, 0.29) is 11.3 Å². The average Bonchev–Trinajstić information content (AvgIpc) is 2.66. The fourth-order valence-corrected chi connectivity index (χ4v) is 6.43. The molecule has 4 fully saturated rings. The summed E-state index contributed by atoms with van der Waals surface area (Å²) in [6, 6.07) is 13.9. The first kappa shape index (κ1) is 17.7. The molecule has 1 N–H and O–H groups in total. The maximum absolute atomic E-state index is 12.8. The molecule has 28 heavy (non-hydrogen) atoms. The van der Waals surface area contributed by atoms with Gasteiger partial charge in [0.15, 0.2) is 0 Å². The van der Waals surface area contributed by atoms with Gasteiger partial charge in [0.2, 0.25) is 5.91 Å². The number of hydrogen-bond donors (Lipinski definition) is 1. The minimum Gasteiger partial charge on any atom is -0.326 e. The lowest BCUT2D eigenvalue weighted by Crippen LogP contribution is -2.47. The Bertz CT molecular complexity index is 851. The lowest BCUT2D eigenvalue weighted by molar-refractivity contribution is -0.124. The zero-order valence-corrected chi connectivity index (χ0v) is 16.3. The van der Waals surface area contributed by atoms with Crippen LogP contribution < -0.4 is 5.32 Å². The van der Waals surface area contributed by atoms with Gasteiger partial charge in [0.05, 0.1) is 5.69 Å². The van der Waals surface area contributed by atoms with Crippen molar-refractivity contribution in [2.75, 3.05) is 5.32 Å². The van der Waals surface area contributed by atoms with Gasteiger partial charge in [-0.05, 0) is 97.6 Å². The van der Waals surface area contributed by atoms with Crippen molar-refractivity contribution in [2.24, 2.45) is 23.2 Å². The van der Waals surface area contributed by atoms with Gasteiger partial charge in [0, 0.05) is 18.3 Å². The second kappa shape index (κ2) is 7.20. The Morgan fingerprint density at radius 3 is 2.43 bits per heavy atom. The predicted octanol–water partition coefficient (Wildman–Crippen LogP) is 5.80. The largest absolute Gasteiger partial charge is 0.326 e. The minimum atomic E-state index is 0.188. The lowest BCUT2D eigenvalue weighted by Gasteiger charge is -2.56. The first-order valence-corrected chi connectivity index (χ1v) is 10.6. The van der Waals surface area contributed by atoms with E-state index in [1.54, 1.807) is 6.20 Å². The summed E-state index contributed by atoms with van der Waals surface area (Å²) < 4.78 is 0. The molecule has 0 aliphatic heterocycles. The molecule has 0 unspecified atom stereocenters. The quantitative estimate of drug-likeness (QED) is 0.721. The summed E-state index contributed by atoms with van der Waals surface area (Å²) in [6.07, 6.45) is 14.6. The monoisotopic (exact) mass is 372 g/mol. The lowest BCUT2D eigenvalue weighted by atomic mass is 9.49. The minimum absolute atomic E-state index is 0.188. The van der Waals surface area contributed by atoms with Crippen molar-refractivity contribution in [1.29, 1.82) is 0 Å². The average molecular weight is 373 g/mol. The zero-order chi connectivity index (χ0) is 19.0. The standard InChI is InChI=1S/C25H28N2O/c28-24(17-25-14-19-10-20(15-25)12-21(11-19)16-25)27-23-6-3-4-18(13-23)7-8-22-5-1-2-9-26-22/h1-9,13,19-21H,10-12,14-17H2,(H,27,28)/b8-7+. The Balaban J connectivity index is 1.24. The van der Waals surface area contributed by atoms with E-state index in [2.05, 4.69) is 10.3 Å². The molecule has 1 aromatic heterocycles. The molecule has 144 valence electrons. The second-order valence-electron chi connectivity index (χ2n) is 9.36. The van der Waals surface area contributed by atoms with Crippen molar-refractivity contribution in [3.8, 4) is 0 Å². The summed E-state index contributed by atoms with van der Waals surface area (Å²) in [6.45, 7) is 0. The first-order valence-electron chi connectivity index (χ1n) is 10.6. The van der Waals surface area contributed by atoms with Gasteiger partial charge in [-0.2, -0.15) is 0 Å². The van der Waals surface area contributed by atoms with Crippen molar-refractivity contribution < 1.29 is 4.79 Å². The molecule has 4 aliphatic carbocycles. The number of nitrogens with one attached hydrogen (secondary N) is 1. The molecule has 0 saturated heterocycles. The van der Waals surface area contributed by atoms with Crippen LogP contribution in [0.15, 0.2) is 48.7 Å². The number of rotatable bonds is 5. The highest BCUT2D eigenvalue weighted by Gasteiger charge is 2.51. The van der Waals surface area contributed by atoms with Gasteiger partial charge in [-0.15, -0.1) is 0 Å². The molecular formula is C25H28N2O. The summed E-state index contributed by atoms with van der Waals surface area (Å²) in [4.78, 5) is 17.2. The molecule has 0 atom stereocenters. The van der Waals surface area contributed by atoms with E-state index < -0.39 is 0 Å². The molecule has 1 aromatic carbocycles. The number of hydrogen-bond acceptors (Lipinski definition) is 2. The zero-order valence-electron chi connectivity index (χ0n) is 16.3. The molecule has 1 heterocycles. The van der Waals surface area contributed by atoms with Gasteiger partial charge in [-0.3, -0.25) is 9.78 Å². The summed E-state index contributed by atoms with van der Waals surface area (Å²) in [5.74, 6) is 2.85. The van der Waals surface area contributed by atoms with Gasteiger partial charge >= 0.3 is 0 Å². The van der Waals surface area contributed by atoms with E-state index in [4.69, 9.17) is 0 Å². The van der Waals surface area contributed by atoms with E-state index in [0.717, 1.165) is 34.7 Å². The Labute approximate surface area is 167 Å². The van der Waals surface area contributed by atoms with E-state index in [0.29, 0.717) is 6.42 Å². The smallest absolute Gasteiger partial charge is 0.224 e. The normalized spacial score (nSPS) is 30.6. The van der Waals surface area contributed by atoms with Crippen LogP contribution >= 0.6 is 0 Å². The molecular weight excluding hydrogens is 344 g/mol. The highest BCUT2D eigenvalue weighted by molar-refractivity contribution is 5.91. The Morgan fingerprint density at radius 2 is 1.75 bits per heavy atom. The van der Waals surface area contributed by atoms with Gasteiger partial charge in [0.1, 0.15) is 0 Å². The maximum atomic E-state index is 12.8. The van der Waals surface area contributed by atoms with Gasteiger partial charge in [0.25, 0.3) is 0 Å². The molecule has 2 aromatic rings. The number of carbonyl (C=O) groups excluding carboxylic acids is 1. The van der Waals surface area contributed by atoms with E-state index in [1.807, 2.05) is 54.6 Å². The van der Waals surface area contributed by atoms with Crippen LogP contribution in [-0.2, 0) is 4.79 Å². The number of aromatic nitrogens is 1. The van der Waals surface area contributed by atoms with Crippen LogP contribution in [0.2, 0.25) is 0 Å². The number of anilines is 1. The SMILES string of the molecule is O=C(CC12CC3CC(CC(C3)C1)C2)Nc1cccc(/C=C/c2ccccn2)c1. The Hall–Kier alpha value is -2.42. The summed E-state index contributed by atoms with van der Waals surface area (Å²) in [5, 5.41) is 3.17. The third-order valence-electron chi connectivity index (χ3n) is 7.01. The molecule has 3 nitrogen and oxygen atoms in total. The third-order valence-corrected chi connectivity index (χ3v) is 7.01. The summed E-state index contributed by atoms with van der Waals surface area (Å²) >= 11 is 0. The van der Waals surface area contributed by atoms with Gasteiger partial charge in [-0.1, -0.05) is 24.3 Å². The second-order valence-corrected chi connectivity index (χ2v) is 9.36. The maximum Gasteiger partial charge on any atom is 0.224 e. The van der Waals surface area contributed by atoms with Crippen molar-refractivity contribution in [3.05, 3.63) is 59.9 Å². The van der Waals surface area contributed by atoms with Crippen LogP contribution in [0.1, 0.15) is 56.2 Å². The van der Waals surface area contributed by atoms with Crippen molar-refractivity contribution in [1.82, 2.24) is 4.98 Å². The van der Waals surface area contributed by atoms with Crippen LogP contribution in [0.5, 0.6) is 0 Å². The first-order chi connectivity index (χ1) is 13.7. The van der Waals surface area contributed by atoms with Crippen molar-refractivity contribution in [3.63, 3.8) is 0 Å². The molecule has 3 heteroatoms. The predicted molar refractivity (Wildman–Crippen MR) is 113 cm³/mol. The molecule has 4 aliphatic rings. The molecule has 6 rings (SSSR count). The van der Waals surface area contributed by atoms with Crippen LogP contribution in [-0.4, -0.2) is 10.9 Å². The highest BCUT2D eigenvalue weighted by Crippen LogP contribution is 2.61. The van der Waals surface area contributed by atoms with Crippen LogP contribution in [0.3, 0.4) is 0 Å². The van der Waals surface area contributed by atoms with Crippen LogP contribution in [0, 0.1) is 23.2 Å². The molecule has 1 amide bonds. The van der Waals surface area contributed by atoms with Crippen molar-refractivity contribution >= 4 is 23.7 Å². The van der Waals surface area contributed by atoms with E-state index in [9.17, 15) is 4.79 Å². The van der Waals surface area contributed by atoms with Crippen LogP contribution in [0.4, 0.5) is 5.69 Å². The number of amides is 1. The molecule has 4 saturated carbocycles. The van der Waals surface area contributed by atoms with Crippen molar-refractivity contribution in [2.45, 2.75) is 44.9 Å². The number of pyridine rings is 1.